The van der Waals surface area contributed by atoms with E-state index in [0.29, 0.717) is 6.54 Å². The largest absolute Gasteiger partial charge is 0.365 e. The van der Waals surface area contributed by atoms with E-state index in [9.17, 15) is 4.91 Å². The second kappa shape index (κ2) is 7.98. The zero-order chi connectivity index (χ0) is 11.7. The van der Waals surface area contributed by atoms with Crippen LogP contribution in [0, 0.1) is 4.91 Å². The van der Waals surface area contributed by atoms with E-state index in [1.54, 1.807) is 0 Å². The molecule has 4 N–H and O–H groups in total. The molecule has 0 saturated heterocycles. The first-order chi connectivity index (χ1) is 7.10. The summed E-state index contributed by atoms with van der Waals surface area (Å²) < 4.78 is 0. The molecule has 7 nitrogen and oxygen atoms in total. The van der Waals surface area contributed by atoms with E-state index in [-0.39, 0.29) is 5.96 Å². The van der Waals surface area contributed by atoms with Crippen LogP contribution in [0.25, 0.3) is 0 Å². The summed E-state index contributed by atoms with van der Waals surface area (Å²) in [5.41, 5.74) is 7.19. The van der Waals surface area contributed by atoms with Crippen molar-refractivity contribution >= 4 is 5.96 Å². The van der Waals surface area contributed by atoms with Gasteiger partial charge < -0.3 is 10.6 Å². The first kappa shape index (κ1) is 13.6. The summed E-state index contributed by atoms with van der Waals surface area (Å²) in [5, 5.41) is 7.77. The summed E-state index contributed by atoms with van der Waals surface area (Å²) in [7, 11) is 0. The Morgan fingerprint density at radius 3 is 2.60 bits per heavy atom. The zero-order valence-corrected chi connectivity index (χ0v) is 9.31. The minimum atomic E-state index is -0.469. The minimum Gasteiger partial charge on any atom is -0.365 e. The van der Waals surface area contributed by atoms with Gasteiger partial charge in [0.2, 0.25) is 0 Å². The van der Waals surface area contributed by atoms with Gasteiger partial charge in [0, 0.05) is 6.54 Å². The van der Waals surface area contributed by atoms with Crippen molar-refractivity contribution in [3.63, 3.8) is 0 Å². The summed E-state index contributed by atoms with van der Waals surface area (Å²) in [6.45, 7) is 7.71. The van der Waals surface area contributed by atoms with Gasteiger partial charge in [-0.25, -0.2) is 10.2 Å². The number of hydrogen-bond donors (Lipinski definition) is 3. The van der Waals surface area contributed by atoms with Gasteiger partial charge in [-0.05, 0) is 31.5 Å². The Kier molecular flexibility index (Phi) is 7.25. The molecule has 0 aliphatic heterocycles. The van der Waals surface area contributed by atoms with Crippen LogP contribution in [0.1, 0.15) is 20.3 Å². The van der Waals surface area contributed by atoms with Gasteiger partial charge in [-0.3, -0.25) is 0 Å². The monoisotopic (exact) mass is 218 g/mol. The number of guanidine groups is 1. The third-order valence-electron chi connectivity index (χ3n) is 2.02. The SMILES string of the molecule is CCN(CC)CCCN=C(N)N[N+](=O)O. The van der Waals surface area contributed by atoms with Crippen LogP contribution in [0.5, 0.6) is 0 Å². The van der Waals surface area contributed by atoms with Crippen molar-refractivity contribution in [1.29, 1.82) is 0 Å². The number of nitrogens with zero attached hydrogens (tertiary/aromatic N) is 3. The van der Waals surface area contributed by atoms with Gasteiger partial charge in [0.15, 0.2) is 0 Å². The predicted molar refractivity (Wildman–Crippen MR) is 57.4 cm³/mol. The lowest BCUT2D eigenvalue weighted by molar-refractivity contribution is -0.822. The fourth-order valence-corrected chi connectivity index (χ4v) is 1.17. The maximum absolute atomic E-state index is 10.1. The molecule has 0 atom stereocenters. The molecular formula is C8H20N5O2+. The average Bonchev–Trinajstić information content (AvgIpc) is 2.17. The third-order valence-corrected chi connectivity index (χ3v) is 2.02. The maximum atomic E-state index is 10.1. The van der Waals surface area contributed by atoms with Gasteiger partial charge >= 0.3 is 5.03 Å². The Labute approximate surface area is 89.5 Å². The maximum Gasteiger partial charge on any atom is 0.362 e. The molecular weight excluding hydrogens is 198 g/mol. The van der Waals surface area contributed by atoms with Gasteiger partial charge in [-0.15, -0.1) is 0 Å². The van der Waals surface area contributed by atoms with Crippen molar-refractivity contribution in [2.24, 2.45) is 10.7 Å². The number of aliphatic imine (C=N–C) groups is 1. The molecule has 15 heavy (non-hydrogen) atoms. The first-order valence-corrected chi connectivity index (χ1v) is 5.05. The van der Waals surface area contributed by atoms with E-state index in [1.807, 2.05) is 5.43 Å². The lowest BCUT2D eigenvalue weighted by Crippen LogP contribution is -2.37. The second-order valence-corrected chi connectivity index (χ2v) is 3.03. The molecule has 0 heterocycles. The summed E-state index contributed by atoms with van der Waals surface area (Å²) in [6, 6.07) is 0. The Hall–Kier alpha value is -1.37. The number of nitrogens with two attached hydrogens (primary N) is 1. The highest BCUT2D eigenvalue weighted by Gasteiger charge is 2.03. The van der Waals surface area contributed by atoms with E-state index in [1.165, 1.54) is 0 Å². The molecule has 0 bridgehead atoms. The van der Waals surface area contributed by atoms with Crippen LogP contribution in [0.3, 0.4) is 0 Å². The van der Waals surface area contributed by atoms with Crippen molar-refractivity contribution in [3.05, 3.63) is 4.91 Å². The summed E-state index contributed by atoms with van der Waals surface area (Å²) in [6.07, 6.45) is 0.869. The zero-order valence-electron chi connectivity index (χ0n) is 9.31. The van der Waals surface area contributed by atoms with Crippen LogP contribution in [0.2, 0.25) is 0 Å². The molecule has 0 fully saturated rings. The van der Waals surface area contributed by atoms with E-state index >= 15 is 0 Å². The van der Waals surface area contributed by atoms with Gasteiger partial charge in [0.25, 0.3) is 5.96 Å². The lowest BCUT2D eigenvalue weighted by Gasteiger charge is -2.16. The number of hydrazine groups is 1. The highest BCUT2D eigenvalue weighted by Crippen LogP contribution is 1.90. The van der Waals surface area contributed by atoms with Gasteiger partial charge in [-0.1, -0.05) is 13.8 Å². The molecule has 0 aromatic rings. The Morgan fingerprint density at radius 2 is 2.13 bits per heavy atom. The molecule has 0 aromatic carbocycles. The fourth-order valence-electron chi connectivity index (χ4n) is 1.17. The van der Waals surface area contributed by atoms with Crippen LogP contribution in [0.4, 0.5) is 0 Å². The smallest absolute Gasteiger partial charge is 0.362 e. The normalized spacial score (nSPS) is 11.8. The van der Waals surface area contributed by atoms with Crippen molar-refractivity contribution in [1.82, 2.24) is 10.3 Å². The molecule has 88 valence electrons. The first-order valence-electron chi connectivity index (χ1n) is 5.05. The molecule has 0 amide bonds. The van der Waals surface area contributed by atoms with Crippen molar-refractivity contribution in [2.75, 3.05) is 26.2 Å². The van der Waals surface area contributed by atoms with Crippen molar-refractivity contribution in [2.45, 2.75) is 20.3 Å². The molecule has 0 rings (SSSR count). The Bertz CT molecular complexity index is 215. The molecule has 0 aliphatic rings. The lowest BCUT2D eigenvalue weighted by atomic mass is 10.4. The number of rotatable bonds is 7. The van der Waals surface area contributed by atoms with Crippen LogP contribution in [-0.2, 0) is 0 Å². The average molecular weight is 218 g/mol. The minimum absolute atomic E-state index is 0.0768. The van der Waals surface area contributed by atoms with Crippen LogP contribution in [0.15, 0.2) is 4.99 Å². The summed E-state index contributed by atoms with van der Waals surface area (Å²) in [5.74, 6) is -0.0768. The number of nitrogens with one attached hydrogen (secondary N) is 1. The standard InChI is InChI=1S/C8H20N5O2/c1-3-12(4-2)7-5-6-10-8(9)11-13(14)15/h3-7H2,1-2H3,(H,14,15)(H3,9,10,11)/q+1. The van der Waals surface area contributed by atoms with Gasteiger partial charge in [-0.2, -0.15) is 0 Å². The predicted octanol–water partition coefficient (Wildman–Crippen LogP) is -0.294. The molecule has 0 saturated carbocycles. The Morgan fingerprint density at radius 1 is 1.53 bits per heavy atom. The highest BCUT2D eigenvalue weighted by molar-refractivity contribution is 5.76. The van der Waals surface area contributed by atoms with E-state index in [2.05, 4.69) is 23.7 Å². The fraction of sp³-hybridized carbons (Fsp3) is 0.875. The van der Waals surface area contributed by atoms with E-state index in [0.717, 1.165) is 26.1 Å². The van der Waals surface area contributed by atoms with Gasteiger partial charge in [0.1, 0.15) is 4.91 Å². The Balaban J connectivity index is 3.63. The molecule has 0 spiro atoms. The van der Waals surface area contributed by atoms with Crippen molar-refractivity contribution in [3.8, 4) is 0 Å². The molecule has 7 heteroatoms. The quantitative estimate of drug-likeness (QED) is 0.236. The van der Waals surface area contributed by atoms with Crippen molar-refractivity contribution < 1.29 is 10.2 Å². The molecule has 0 aliphatic carbocycles. The van der Waals surface area contributed by atoms with E-state index in [4.69, 9.17) is 10.9 Å². The summed E-state index contributed by atoms with van der Waals surface area (Å²) in [4.78, 5) is 16.2. The van der Waals surface area contributed by atoms with Crippen LogP contribution in [-0.4, -0.2) is 47.3 Å². The topological polar surface area (TPSA) is 94.0 Å². The van der Waals surface area contributed by atoms with Gasteiger partial charge in [0.05, 0.1) is 0 Å². The van der Waals surface area contributed by atoms with Crippen LogP contribution >= 0.6 is 0 Å². The molecule has 0 radical (unpaired) electrons. The number of hydrogen-bond acceptors (Lipinski definition) is 3. The highest BCUT2D eigenvalue weighted by atomic mass is 16.7. The van der Waals surface area contributed by atoms with E-state index < -0.39 is 5.03 Å². The summed E-state index contributed by atoms with van der Waals surface area (Å²) >= 11 is 0. The van der Waals surface area contributed by atoms with Crippen LogP contribution < -0.4 is 11.2 Å². The molecule has 0 unspecified atom stereocenters. The third kappa shape index (κ3) is 7.68. The second-order valence-electron chi connectivity index (χ2n) is 3.03. The molecule has 0 aromatic heterocycles.